The van der Waals surface area contributed by atoms with Crippen molar-refractivity contribution in [2.75, 3.05) is 0 Å². The van der Waals surface area contributed by atoms with E-state index in [1.807, 2.05) is 0 Å². The molecule has 0 heterocycles. The van der Waals surface area contributed by atoms with Crippen molar-refractivity contribution < 1.29 is 13.4 Å². The lowest BCUT2D eigenvalue weighted by Crippen LogP contribution is -2.41. The summed E-state index contributed by atoms with van der Waals surface area (Å²) in [6, 6.07) is 4.52. The molecule has 2 unspecified atom stereocenters. The molecule has 0 aromatic heterocycles. The molecule has 1 aromatic rings. The van der Waals surface area contributed by atoms with Gasteiger partial charge in [-0.2, -0.15) is 0 Å². The van der Waals surface area contributed by atoms with Crippen LogP contribution < -0.4 is 5.32 Å². The molecule has 2 rings (SSSR count). The smallest absolute Gasteiger partial charge is 0.235 e. The van der Waals surface area contributed by atoms with Crippen LogP contribution in [0.25, 0.3) is 0 Å². The Bertz CT molecular complexity index is 526. The number of carbonyl (C=O) groups is 1. The molecular weight excluding hydrogens is 313 g/mol. The zero-order valence-electron chi connectivity index (χ0n) is 11.9. The number of hydrogen-bond donors (Lipinski definition) is 1. The Morgan fingerprint density at radius 1 is 1.48 bits per heavy atom. The summed E-state index contributed by atoms with van der Waals surface area (Å²) in [6.07, 6.45) is 4.19. The van der Waals surface area contributed by atoms with Crippen molar-refractivity contribution in [3.63, 3.8) is 0 Å². The summed E-state index contributed by atoms with van der Waals surface area (Å²) in [5.41, 5.74) is 0.206. The highest BCUT2D eigenvalue weighted by Crippen LogP contribution is 2.22. The van der Waals surface area contributed by atoms with E-state index in [9.17, 15) is 13.4 Å². The number of carbonyl (C=O) groups excluding carboxylic acids is 1. The Morgan fingerprint density at radius 2 is 2.14 bits per heavy atom. The highest BCUT2D eigenvalue weighted by Gasteiger charge is 2.25. The summed E-state index contributed by atoms with van der Waals surface area (Å²) in [7, 11) is -1.50. The van der Waals surface area contributed by atoms with E-state index >= 15 is 0 Å². The molecule has 0 radical (unpaired) electrons. The summed E-state index contributed by atoms with van der Waals surface area (Å²) < 4.78 is 25.9. The maximum absolute atomic E-state index is 13.7. The maximum atomic E-state index is 13.7. The number of nitrogens with one attached hydrogen (secondary N) is 1. The number of benzene rings is 1. The van der Waals surface area contributed by atoms with E-state index in [1.54, 1.807) is 13.0 Å². The van der Waals surface area contributed by atoms with E-state index in [0.29, 0.717) is 0 Å². The van der Waals surface area contributed by atoms with Crippen LogP contribution in [-0.4, -0.2) is 21.4 Å². The van der Waals surface area contributed by atoms with E-state index in [0.717, 1.165) is 25.7 Å². The topological polar surface area (TPSA) is 46.2 Å². The van der Waals surface area contributed by atoms with Gasteiger partial charge < -0.3 is 5.32 Å². The zero-order chi connectivity index (χ0) is 15.4. The molecule has 0 aliphatic heterocycles. The second-order valence-electron chi connectivity index (χ2n) is 5.36. The third kappa shape index (κ3) is 4.27. The van der Waals surface area contributed by atoms with Crippen LogP contribution in [0.1, 0.15) is 38.2 Å². The van der Waals surface area contributed by atoms with E-state index < -0.39 is 21.9 Å². The lowest BCUT2D eigenvalue weighted by molar-refractivity contribution is -0.121. The predicted molar refractivity (Wildman–Crippen MR) is 83.1 cm³/mol. The second-order valence-corrected chi connectivity index (χ2v) is 7.52. The average molecular weight is 332 g/mol. The van der Waals surface area contributed by atoms with Crippen molar-refractivity contribution in [1.82, 2.24) is 5.32 Å². The molecule has 6 heteroatoms. The maximum Gasteiger partial charge on any atom is 0.235 e. The lowest BCUT2D eigenvalue weighted by Gasteiger charge is -2.16. The first-order valence-corrected chi connectivity index (χ1v) is 8.85. The standard InChI is InChI=1S/C15H19ClFNO2S/c1-10(15(19)18-11-5-2-3-6-11)21(20)9-12-13(16)7-4-8-14(12)17/h4,7-8,10-11H,2-3,5-6,9H2,1H3,(H,18,19). The molecule has 116 valence electrons. The first-order chi connectivity index (χ1) is 9.99. The van der Waals surface area contributed by atoms with Crippen LogP contribution in [0.5, 0.6) is 0 Å². The van der Waals surface area contributed by atoms with Gasteiger partial charge >= 0.3 is 0 Å². The molecule has 0 bridgehead atoms. The molecule has 0 spiro atoms. The summed E-state index contributed by atoms with van der Waals surface area (Å²) in [5, 5.41) is 2.48. The monoisotopic (exact) mass is 331 g/mol. The Balaban J connectivity index is 1.97. The summed E-state index contributed by atoms with van der Waals surface area (Å²) in [4.78, 5) is 12.1. The number of hydrogen-bond acceptors (Lipinski definition) is 2. The molecule has 1 fully saturated rings. The quantitative estimate of drug-likeness (QED) is 0.900. The van der Waals surface area contributed by atoms with Crippen LogP contribution in [0.3, 0.4) is 0 Å². The van der Waals surface area contributed by atoms with Crippen molar-refractivity contribution >= 4 is 28.3 Å². The van der Waals surface area contributed by atoms with E-state index in [1.165, 1.54) is 12.1 Å². The summed E-state index contributed by atoms with van der Waals surface area (Å²) >= 11 is 5.92. The second kappa shape index (κ2) is 7.36. The van der Waals surface area contributed by atoms with Gasteiger partial charge in [0.15, 0.2) is 0 Å². The van der Waals surface area contributed by atoms with E-state index in [4.69, 9.17) is 11.6 Å². The fourth-order valence-electron chi connectivity index (χ4n) is 2.45. The number of amides is 1. The number of rotatable bonds is 5. The van der Waals surface area contributed by atoms with Crippen molar-refractivity contribution in [2.45, 2.75) is 49.7 Å². The molecule has 1 aliphatic rings. The number of halogens is 2. The first-order valence-electron chi connectivity index (χ1n) is 7.09. The Kier molecular flexibility index (Phi) is 5.76. The van der Waals surface area contributed by atoms with E-state index in [2.05, 4.69) is 5.32 Å². The van der Waals surface area contributed by atoms with Crippen LogP contribution in [0.4, 0.5) is 4.39 Å². The molecule has 1 N–H and O–H groups in total. The minimum Gasteiger partial charge on any atom is -0.352 e. The van der Waals surface area contributed by atoms with E-state index in [-0.39, 0.29) is 28.3 Å². The van der Waals surface area contributed by atoms with Gasteiger partial charge in [-0.25, -0.2) is 4.39 Å². The summed E-state index contributed by atoms with van der Waals surface area (Å²) in [5.74, 6) is -0.767. The lowest BCUT2D eigenvalue weighted by atomic mass is 10.2. The van der Waals surface area contributed by atoms with Gasteiger partial charge in [0, 0.05) is 27.4 Å². The Hall–Kier alpha value is -0.940. The zero-order valence-corrected chi connectivity index (χ0v) is 13.5. The van der Waals surface area contributed by atoms with Gasteiger partial charge in [-0.15, -0.1) is 0 Å². The molecule has 1 saturated carbocycles. The highest BCUT2D eigenvalue weighted by atomic mass is 35.5. The van der Waals surface area contributed by atoms with Crippen molar-refractivity contribution in [2.24, 2.45) is 0 Å². The molecular formula is C15H19ClFNO2S. The highest BCUT2D eigenvalue weighted by molar-refractivity contribution is 7.85. The van der Waals surface area contributed by atoms with Crippen LogP contribution >= 0.6 is 11.6 Å². The fraction of sp³-hybridized carbons (Fsp3) is 0.533. The van der Waals surface area contributed by atoms with Gasteiger partial charge in [0.05, 0.1) is 5.75 Å². The van der Waals surface area contributed by atoms with Gasteiger partial charge in [0.25, 0.3) is 0 Å². The molecule has 0 saturated heterocycles. The fourth-order valence-corrected chi connectivity index (χ4v) is 3.89. The van der Waals surface area contributed by atoms with Gasteiger partial charge in [0.1, 0.15) is 11.1 Å². The van der Waals surface area contributed by atoms with Crippen molar-refractivity contribution in [3.05, 3.63) is 34.6 Å². The van der Waals surface area contributed by atoms with Gasteiger partial charge in [0.2, 0.25) is 5.91 Å². The predicted octanol–water partition coefficient (Wildman–Crippen LogP) is 3.18. The minimum atomic E-state index is -1.50. The SMILES string of the molecule is CC(C(=O)NC1CCCC1)S(=O)Cc1c(F)cccc1Cl. The molecule has 1 aliphatic carbocycles. The molecule has 3 nitrogen and oxygen atoms in total. The third-order valence-corrected chi connectivity index (χ3v) is 5.74. The minimum absolute atomic E-state index is 0.0508. The van der Waals surface area contributed by atoms with Crippen LogP contribution in [0.2, 0.25) is 5.02 Å². The Labute approximate surface area is 131 Å². The third-order valence-electron chi connectivity index (χ3n) is 3.81. The largest absolute Gasteiger partial charge is 0.352 e. The average Bonchev–Trinajstić information content (AvgIpc) is 2.94. The van der Waals surface area contributed by atoms with Gasteiger partial charge in [-0.05, 0) is 31.9 Å². The molecule has 1 aromatic carbocycles. The normalized spacial score (nSPS) is 18.4. The summed E-state index contributed by atoms with van der Waals surface area (Å²) in [6.45, 7) is 1.61. The van der Waals surface area contributed by atoms with Crippen LogP contribution in [-0.2, 0) is 21.3 Å². The van der Waals surface area contributed by atoms with Gasteiger partial charge in [-0.3, -0.25) is 9.00 Å². The molecule has 2 atom stereocenters. The van der Waals surface area contributed by atoms with Crippen molar-refractivity contribution in [3.8, 4) is 0 Å². The Morgan fingerprint density at radius 3 is 2.76 bits per heavy atom. The first kappa shape index (κ1) is 16.4. The van der Waals surface area contributed by atoms with Gasteiger partial charge in [-0.1, -0.05) is 30.5 Å². The molecule has 1 amide bonds. The van der Waals surface area contributed by atoms with Crippen LogP contribution in [0, 0.1) is 5.82 Å². The van der Waals surface area contributed by atoms with Crippen molar-refractivity contribution in [1.29, 1.82) is 0 Å². The van der Waals surface area contributed by atoms with Crippen LogP contribution in [0.15, 0.2) is 18.2 Å². The molecule has 21 heavy (non-hydrogen) atoms.